The predicted octanol–water partition coefficient (Wildman–Crippen LogP) is 3.02. The molecule has 2 fully saturated rings. The van der Waals surface area contributed by atoms with E-state index in [2.05, 4.69) is 21.7 Å². The first kappa shape index (κ1) is 14.9. The summed E-state index contributed by atoms with van der Waals surface area (Å²) in [5, 5.41) is 8.89. The lowest BCUT2D eigenvalue weighted by atomic mass is 10.1. The number of fused-ring (bicyclic) bond motifs is 1. The van der Waals surface area contributed by atoms with Crippen LogP contribution in [0.5, 0.6) is 0 Å². The predicted molar refractivity (Wildman–Crippen MR) is 87.7 cm³/mol. The lowest BCUT2D eigenvalue weighted by molar-refractivity contribution is -0.127. The Morgan fingerprint density at radius 3 is 2.78 bits per heavy atom. The van der Waals surface area contributed by atoms with Gasteiger partial charge in [0.15, 0.2) is 5.82 Å². The minimum absolute atomic E-state index is 0.116. The first-order valence-corrected chi connectivity index (χ1v) is 9.15. The van der Waals surface area contributed by atoms with Crippen LogP contribution in [0.4, 0.5) is 0 Å². The first-order valence-electron chi connectivity index (χ1n) is 9.15. The average molecular weight is 314 g/mol. The Bertz CT molecular complexity index is 629. The van der Waals surface area contributed by atoms with E-state index >= 15 is 0 Å². The molecule has 0 N–H and O–H groups in total. The van der Waals surface area contributed by atoms with Crippen LogP contribution in [-0.4, -0.2) is 32.1 Å². The molecule has 2 aliphatic heterocycles. The van der Waals surface area contributed by atoms with Crippen LogP contribution in [0.2, 0.25) is 0 Å². The van der Waals surface area contributed by atoms with E-state index in [1.165, 1.54) is 37.7 Å². The highest BCUT2D eigenvalue weighted by Gasteiger charge is 2.34. The summed E-state index contributed by atoms with van der Waals surface area (Å²) in [6, 6.07) is 0.116. The van der Waals surface area contributed by atoms with Gasteiger partial charge in [0.05, 0.1) is 6.04 Å². The molecule has 5 nitrogen and oxygen atoms in total. The number of likely N-dealkylation sites (tertiary alicyclic amines) is 1. The van der Waals surface area contributed by atoms with Crippen molar-refractivity contribution in [2.75, 3.05) is 6.54 Å². The summed E-state index contributed by atoms with van der Waals surface area (Å²) in [6.07, 6.45) is 11.1. The Morgan fingerprint density at radius 1 is 1.09 bits per heavy atom. The Morgan fingerprint density at radius 2 is 1.96 bits per heavy atom. The van der Waals surface area contributed by atoms with Gasteiger partial charge in [-0.3, -0.25) is 4.79 Å². The number of allylic oxidation sites excluding steroid dienone is 1. The summed E-state index contributed by atoms with van der Waals surface area (Å²) in [5.74, 6) is 2.96. The summed E-state index contributed by atoms with van der Waals surface area (Å²) in [7, 11) is 0. The molecule has 0 aromatic carbocycles. The molecule has 1 aromatic heterocycles. The zero-order valence-electron chi connectivity index (χ0n) is 14.0. The van der Waals surface area contributed by atoms with Crippen molar-refractivity contribution in [1.82, 2.24) is 19.7 Å². The number of amides is 1. The summed E-state index contributed by atoms with van der Waals surface area (Å²) in [6.45, 7) is 3.96. The summed E-state index contributed by atoms with van der Waals surface area (Å²) >= 11 is 0. The Kier molecular flexibility index (Phi) is 3.95. The largest absolute Gasteiger partial charge is 0.329 e. The van der Waals surface area contributed by atoms with Crippen LogP contribution in [0.3, 0.4) is 0 Å². The maximum Gasteiger partial charge on any atom is 0.247 e. The van der Waals surface area contributed by atoms with Crippen molar-refractivity contribution in [3.63, 3.8) is 0 Å². The third-order valence-electron chi connectivity index (χ3n) is 5.54. The highest BCUT2D eigenvalue weighted by Crippen LogP contribution is 2.37. The van der Waals surface area contributed by atoms with Gasteiger partial charge in [-0.2, -0.15) is 0 Å². The van der Waals surface area contributed by atoms with Crippen LogP contribution in [0.15, 0.2) is 11.6 Å². The zero-order valence-corrected chi connectivity index (χ0v) is 14.0. The molecule has 5 heteroatoms. The molecule has 0 radical (unpaired) electrons. The molecule has 3 aliphatic rings. The number of hydrogen-bond acceptors (Lipinski definition) is 3. The normalized spacial score (nSPS) is 25.3. The van der Waals surface area contributed by atoms with Gasteiger partial charge in [-0.05, 0) is 51.4 Å². The minimum atomic E-state index is 0.116. The van der Waals surface area contributed by atoms with Crippen LogP contribution in [-0.2, 0) is 17.8 Å². The van der Waals surface area contributed by atoms with Crippen molar-refractivity contribution in [2.24, 2.45) is 5.92 Å². The fourth-order valence-electron chi connectivity index (χ4n) is 3.99. The third-order valence-corrected chi connectivity index (χ3v) is 5.54. The Balaban J connectivity index is 1.57. The number of hydrogen-bond donors (Lipinski definition) is 0. The summed E-state index contributed by atoms with van der Waals surface area (Å²) < 4.78 is 2.29. The topological polar surface area (TPSA) is 51.0 Å². The van der Waals surface area contributed by atoms with Crippen molar-refractivity contribution in [3.05, 3.63) is 23.3 Å². The molecular weight excluding hydrogens is 288 g/mol. The van der Waals surface area contributed by atoms with Gasteiger partial charge >= 0.3 is 0 Å². The quantitative estimate of drug-likeness (QED) is 0.806. The van der Waals surface area contributed by atoms with E-state index < -0.39 is 0 Å². The highest BCUT2D eigenvalue weighted by molar-refractivity contribution is 5.88. The molecule has 1 unspecified atom stereocenters. The first-order chi connectivity index (χ1) is 11.2. The van der Waals surface area contributed by atoms with Gasteiger partial charge in [0, 0.05) is 25.6 Å². The van der Waals surface area contributed by atoms with Gasteiger partial charge in [0.2, 0.25) is 5.91 Å². The van der Waals surface area contributed by atoms with Gasteiger partial charge in [-0.1, -0.05) is 12.0 Å². The molecule has 124 valence electrons. The van der Waals surface area contributed by atoms with Crippen LogP contribution in [0.25, 0.3) is 0 Å². The van der Waals surface area contributed by atoms with Crippen molar-refractivity contribution in [1.29, 1.82) is 0 Å². The maximum atomic E-state index is 12.7. The number of nitrogens with zero attached hydrogens (tertiary/aromatic N) is 4. The molecule has 1 aliphatic carbocycles. The Hall–Kier alpha value is -1.65. The smallest absolute Gasteiger partial charge is 0.247 e. The molecule has 1 saturated heterocycles. The third kappa shape index (κ3) is 2.93. The molecule has 1 aromatic rings. The lowest BCUT2D eigenvalue weighted by Crippen LogP contribution is -2.31. The Labute approximate surface area is 137 Å². The van der Waals surface area contributed by atoms with Gasteiger partial charge in [0.1, 0.15) is 5.82 Å². The number of aryl methyl sites for hydroxylation is 1. The number of carbonyl (C=O) groups excluding carboxylic acids is 1. The highest BCUT2D eigenvalue weighted by atomic mass is 16.2. The molecule has 1 saturated carbocycles. The number of rotatable bonds is 3. The zero-order chi connectivity index (χ0) is 15.8. The van der Waals surface area contributed by atoms with Gasteiger partial charge in [0.25, 0.3) is 0 Å². The number of aromatic nitrogens is 3. The number of carbonyl (C=O) groups is 1. The molecule has 23 heavy (non-hydrogen) atoms. The average Bonchev–Trinajstić information content (AvgIpc) is 3.23. The fourth-order valence-corrected chi connectivity index (χ4v) is 3.99. The van der Waals surface area contributed by atoms with Crippen molar-refractivity contribution < 1.29 is 4.79 Å². The van der Waals surface area contributed by atoms with Crippen LogP contribution < -0.4 is 0 Å². The molecule has 4 rings (SSSR count). The van der Waals surface area contributed by atoms with Gasteiger partial charge in [-0.25, -0.2) is 0 Å². The van der Waals surface area contributed by atoms with E-state index in [0.29, 0.717) is 5.92 Å². The van der Waals surface area contributed by atoms with Crippen LogP contribution >= 0.6 is 0 Å². The van der Waals surface area contributed by atoms with E-state index in [9.17, 15) is 4.79 Å². The monoisotopic (exact) mass is 314 g/mol. The maximum absolute atomic E-state index is 12.7. The fraction of sp³-hybridized carbons (Fsp3) is 0.722. The molecule has 3 heterocycles. The second-order valence-corrected chi connectivity index (χ2v) is 7.29. The standard InChI is InChI=1S/C18H26N4O/c1-13(14-8-9-14)12-17(23)21-11-5-6-15(21)18-20-19-16-7-3-2-4-10-22(16)18/h12,14-15H,2-11H2,1H3. The molecule has 1 amide bonds. The van der Waals surface area contributed by atoms with Crippen molar-refractivity contribution in [2.45, 2.75) is 70.9 Å². The second kappa shape index (κ2) is 6.10. The molecule has 0 spiro atoms. The van der Waals surface area contributed by atoms with E-state index in [-0.39, 0.29) is 11.9 Å². The summed E-state index contributed by atoms with van der Waals surface area (Å²) in [4.78, 5) is 14.7. The van der Waals surface area contributed by atoms with Crippen LogP contribution in [0, 0.1) is 5.92 Å². The summed E-state index contributed by atoms with van der Waals surface area (Å²) in [5.41, 5.74) is 1.25. The van der Waals surface area contributed by atoms with Crippen molar-refractivity contribution in [3.8, 4) is 0 Å². The lowest BCUT2D eigenvalue weighted by Gasteiger charge is -2.23. The van der Waals surface area contributed by atoms with E-state index in [1.54, 1.807) is 0 Å². The van der Waals surface area contributed by atoms with Crippen molar-refractivity contribution >= 4 is 5.91 Å². The van der Waals surface area contributed by atoms with E-state index in [4.69, 9.17) is 0 Å². The van der Waals surface area contributed by atoms with Gasteiger partial charge in [-0.15, -0.1) is 10.2 Å². The molecular formula is C18H26N4O. The van der Waals surface area contributed by atoms with Crippen LogP contribution in [0.1, 0.15) is 69.6 Å². The molecule has 0 bridgehead atoms. The minimum Gasteiger partial charge on any atom is -0.329 e. The van der Waals surface area contributed by atoms with E-state index in [1.807, 2.05) is 11.0 Å². The molecule has 1 atom stereocenters. The SMILES string of the molecule is CC(=CC(=O)N1CCCC1c1nnc2n1CCCCC2)C1CC1. The van der Waals surface area contributed by atoms with E-state index in [0.717, 1.165) is 44.0 Å². The van der Waals surface area contributed by atoms with Gasteiger partial charge < -0.3 is 9.47 Å². The second-order valence-electron chi connectivity index (χ2n) is 7.29.